The molecule has 3 aromatic carbocycles. The lowest BCUT2D eigenvalue weighted by molar-refractivity contribution is -0.133. The minimum atomic E-state index is -0.611. The van der Waals surface area contributed by atoms with Crippen LogP contribution in [0.25, 0.3) is 10.9 Å². The van der Waals surface area contributed by atoms with Gasteiger partial charge in [-0.15, -0.1) is 0 Å². The first-order chi connectivity index (χ1) is 20.0. The standard InChI is InChI=1S/C34H39N3O4/c1-25(18-19-35-34(40)21-28-22-36-30-15-9-8-14-29(28)30)20-33(39)37-23-31(38)32(17-16-26-10-4-2-5-11-26)41-24-27-12-6-3-7-13-27/h2-15,22,25,32,36H,16-21,23-24H2,1H3,(H,35,40)(H,37,39). The van der Waals surface area contributed by atoms with Gasteiger partial charge in [0.1, 0.15) is 6.10 Å². The molecule has 0 bridgehead atoms. The van der Waals surface area contributed by atoms with E-state index >= 15 is 0 Å². The van der Waals surface area contributed by atoms with Crippen LogP contribution in [0.5, 0.6) is 0 Å². The normalized spacial score (nSPS) is 12.5. The molecule has 7 nitrogen and oxygen atoms in total. The van der Waals surface area contributed by atoms with Crippen molar-refractivity contribution >= 4 is 28.5 Å². The molecule has 4 aromatic rings. The number of nitrogens with one attached hydrogen (secondary N) is 3. The lowest BCUT2D eigenvalue weighted by Gasteiger charge is -2.18. The molecule has 0 aliphatic carbocycles. The van der Waals surface area contributed by atoms with E-state index in [4.69, 9.17) is 4.74 Å². The molecule has 0 saturated heterocycles. The highest BCUT2D eigenvalue weighted by molar-refractivity contribution is 5.89. The number of amides is 2. The number of para-hydroxylation sites is 1. The van der Waals surface area contributed by atoms with Gasteiger partial charge in [-0.1, -0.05) is 85.8 Å². The molecule has 214 valence electrons. The summed E-state index contributed by atoms with van der Waals surface area (Å²) in [6, 6.07) is 27.7. The Morgan fingerprint density at radius 3 is 2.24 bits per heavy atom. The fourth-order valence-corrected chi connectivity index (χ4v) is 4.81. The largest absolute Gasteiger partial charge is 0.366 e. The van der Waals surface area contributed by atoms with Crippen LogP contribution in [0.1, 0.15) is 42.9 Å². The number of H-pyrrole nitrogens is 1. The van der Waals surface area contributed by atoms with Gasteiger partial charge in [-0.3, -0.25) is 14.4 Å². The number of carbonyl (C=O) groups is 3. The zero-order valence-corrected chi connectivity index (χ0v) is 23.6. The molecular formula is C34H39N3O4. The number of ketones is 1. The number of rotatable bonds is 16. The van der Waals surface area contributed by atoms with Crippen LogP contribution in [0.15, 0.2) is 91.1 Å². The maximum Gasteiger partial charge on any atom is 0.224 e. The molecule has 0 fully saturated rings. The fourth-order valence-electron chi connectivity index (χ4n) is 4.81. The smallest absolute Gasteiger partial charge is 0.224 e. The van der Waals surface area contributed by atoms with Crippen molar-refractivity contribution in [3.63, 3.8) is 0 Å². The van der Waals surface area contributed by atoms with Gasteiger partial charge in [-0.2, -0.15) is 0 Å². The number of carbonyl (C=O) groups excluding carboxylic acids is 3. The van der Waals surface area contributed by atoms with Gasteiger partial charge < -0.3 is 20.4 Å². The Labute approximate surface area is 241 Å². The summed E-state index contributed by atoms with van der Waals surface area (Å²) >= 11 is 0. The number of ether oxygens (including phenoxy) is 1. The lowest BCUT2D eigenvalue weighted by atomic mass is 10.0. The summed E-state index contributed by atoms with van der Waals surface area (Å²) in [7, 11) is 0. The number of hydrogen-bond acceptors (Lipinski definition) is 4. The second kappa shape index (κ2) is 15.5. The third-order valence-electron chi connectivity index (χ3n) is 7.17. The predicted molar refractivity (Wildman–Crippen MR) is 161 cm³/mol. The van der Waals surface area contributed by atoms with Gasteiger partial charge in [-0.05, 0) is 47.9 Å². The first-order valence-corrected chi connectivity index (χ1v) is 14.3. The highest BCUT2D eigenvalue weighted by atomic mass is 16.5. The van der Waals surface area contributed by atoms with E-state index in [0.717, 1.165) is 27.6 Å². The number of aromatic nitrogens is 1. The average Bonchev–Trinajstić information content (AvgIpc) is 3.39. The average molecular weight is 554 g/mol. The van der Waals surface area contributed by atoms with Crippen LogP contribution in [0.4, 0.5) is 0 Å². The summed E-state index contributed by atoms with van der Waals surface area (Å²) in [5, 5.41) is 6.78. The lowest BCUT2D eigenvalue weighted by Crippen LogP contribution is -2.37. The molecule has 0 aliphatic rings. The van der Waals surface area contributed by atoms with Gasteiger partial charge in [0.05, 0.1) is 19.6 Å². The van der Waals surface area contributed by atoms with Gasteiger partial charge in [0.25, 0.3) is 0 Å². The third kappa shape index (κ3) is 9.72. The second-order valence-electron chi connectivity index (χ2n) is 10.5. The SMILES string of the molecule is CC(CCNC(=O)Cc1c[nH]c2ccccc12)CC(=O)NCC(=O)C(CCc1ccccc1)OCc1ccccc1. The van der Waals surface area contributed by atoms with Crippen LogP contribution < -0.4 is 10.6 Å². The van der Waals surface area contributed by atoms with E-state index in [1.54, 1.807) is 0 Å². The van der Waals surface area contributed by atoms with Crippen molar-refractivity contribution in [2.75, 3.05) is 13.1 Å². The summed E-state index contributed by atoms with van der Waals surface area (Å²) in [4.78, 5) is 41.2. The van der Waals surface area contributed by atoms with E-state index in [2.05, 4.69) is 15.6 Å². The number of aromatic amines is 1. The summed E-state index contributed by atoms with van der Waals surface area (Å²) in [6.45, 7) is 2.73. The fraction of sp³-hybridized carbons (Fsp3) is 0.324. The molecule has 0 radical (unpaired) electrons. The van der Waals surface area contributed by atoms with Crippen molar-refractivity contribution in [2.24, 2.45) is 5.92 Å². The van der Waals surface area contributed by atoms with Gasteiger partial charge >= 0.3 is 0 Å². The van der Waals surface area contributed by atoms with Gasteiger partial charge in [-0.25, -0.2) is 0 Å². The van der Waals surface area contributed by atoms with E-state index in [0.29, 0.717) is 38.8 Å². The summed E-state index contributed by atoms with van der Waals surface area (Å²) in [6.07, 6.45) is 3.77. The molecule has 2 amide bonds. The highest BCUT2D eigenvalue weighted by Crippen LogP contribution is 2.18. The number of hydrogen-bond donors (Lipinski definition) is 3. The van der Waals surface area contributed by atoms with Gasteiger partial charge in [0.2, 0.25) is 11.8 Å². The molecule has 4 rings (SSSR count). The third-order valence-corrected chi connectivity index (χ3v) is 7.17. The Morgan fingerprint density at radius 2 is 1.49 bits per heavy atom. The predicted octanol–water partition coefficient (Wildman–Crippen LogP) is 5.15. The molecule has 0 aliphatic heterocycles. The molecule has 7 heteroatoms. The van der Waals surface area contributed by atoms with Crippen molar-refractivity contribution < 1.29 is 19.1 Å². The zero-order chi connectivity index (χ0) is 28.9. The molecule has 2 unspecified atom stereocenters. The number of Topliss-reactive ketones (excluding diaryl/α,β-unsaturated/α-hetero) is 1. The minimum absolute atomic E-state index is 0.0472. The Hall–Kier alpha value is -4.23. The Morgan fingerprint density at radius 1 is 0.805 bits per heavy atom. The summed E-state index contributed by atoms with van der Waals surface area (Å²) in [5.74, 6) is -0.306. The molecule has 1 heterocycles. The van der Waals surface area contributed by atoms with E-state index in [9.17, 15) is 14.4 Å². The highest BCUT2D eigenvalue weighted by Gasteiger charge is 2.20. The molecule has 41 heavy (non-hydrogen) atoms. The van der Waals surface area contributed by atoms with Crippen LogP contribution in [0, 0.1) is 5.92 Å². The Bertz CT molecular complexity index is 1360. The first kappa shape index (κ1) is 29.7. The summed E-state index contributed by atoms with van der Waals surface area (Å²) < 4.78 is 6.02. The van der Waals surface area contributed by atoms with Crippen LogP contribution in [0.2, 0.25) is 0 Å². The number of aryl methyl sites for hydroxylation is 1. The summed E-state index contributed by atoms with van der Waals surface area (Å²) in [5.41, 5.74) is 4.11. The van der Waals surface area contributed by atoms with Crippen molar-refractivity contribution in [1.82, 2.24) is 15.6 Å². The van der Waals surface area contributed by atoms with Gasteiger partial charge in [0.15, 0.2) is 5.78 Å². The minimum Gasteiger partial charge on any atom is -0.366 e. The molecule has 1 aromatic heterocycles. The zero-order valence-electron chi connectivity index (χ0n) is 23.6. The quantitative estimate of drug-likeness (QED) is 0.179. The molecule has 0 spiro atoms. The molecule has 0 saturated carbocycles. The molecule has 3 N–H and O–H groups in total. The van der Waals surface area contributed by atoms with Crippen molar-refractivity contribution in [3.8, 4) is 0 Å². The van der Waals surface area contributed by atoms with Crippen molar-refractivity contribution in [3.05, 3.63) is 108 Å². The number of benzene rings is 3. The van der Waals surface area contributed by atoms with Gasteiger partial charge in [0, 0.05) is 30.1 Å². The number of fused-ring (bicyclic) bond motifs is 1. The molecule has 2 atom stereocenters. The maximum atomic E-state index is 13.0. The van der Waals surface area contributed by atoms with E-state index in [1.807, 2.05) is 98.0 Å². The topological polar surface area (TPSA) is 100 Å². The van der Waals surface area contributed by atoms with Crippen molar-refractivity contribution in [1.29, 1.82) is 0 Å². The van der Waals surface area contributed by atoms with E-state index < -0.39 is 6.10 Å². The molecular weight excluding hydrogens is 514 g/mol. The Balaban J connectivity index is 1.17. The van der Waals surface area contributed by atoms with Crippen LogP contribution in [-0.4, -0.2) is 41.8 Å². The first-order valence-electron chi connectivity index (χ1n) is 14.3. The van der Waals surface area contributed by atoms with Crippen LogP contribution in [0.3, 0.4) is 0 Å². The maximum absolute atomic E-state index is 13.0. The van der Waals surface area contributed by atoms with Crippen molar-refractivity contribution in [2.45, 2.75) is 51.7 Å². The second-order valence-corrected chi connectivity index (χ2v) is 10.5. The van der Waals surface area contributed by atoms with Crippen LogP contribution in [-0.2, 0) is 38.6 Å². The Kier molecular flexibility index (Phi) is 11.3. The van der Waals surface area contributed by atoms with E-state index in [-0.39, 0.29) is 36.5 Å². The monoisotopic (exact) mass is 553 g/mol. The van der Waals surface area contributed by atoms with E-state index in [1.165, 1.54) is 0 Å². The van der Waals surface area contributed by atoms with Crippen LogP contribution >= 0.6 is 0 Å².